The number of rotatable bonds is 4. The van der Waals surface area contributed by atoms with Crippen LogP contribution in [-0.4, -0.2) is 13.1 Å². The van der Waals surface area contributed by atoms with E-state index >= 15 is 0 Å². The highest BCUT2D eigenvalue weighted by atomic mass is 16.3. The van der Waals surface area contributed by atoms with Crippen LogP contribution in [-0.2, 0) is 6.54 Å². The second kappa shape index (κ2) is 6.52. The molecule has 0 atom stereocenters. The fraction of sp³-hybridized carbons (Fsp3) is 0.286. The molecule has 1 saturated heterocycles. The predicted molar refractivity (Wildman–Crippen MR) is 98.9 cm³/mol. The number of para-hydroxylation sites is 2. The summed E-state index contributed by atoms with van der Waals surface area (Å²) >= 11 is 0. The molecule has 0 saturated carbocycles. The molecule has 3 nitrogen and oxygen atoms in total. The highest BCUT2D eigenvalue weighted by Gasteiger charge is 2.18. The van der Waals surface area contributed by atoms with E-state index in [-0.39, 0.29) is 0 Å². The van der Waals surface area contributed by atoms with Crippen molar-refractivity contribution in [2.75, 3.05) is 18.0 Å². The van der Waals surface area contributed by atoms with E-state index in [1.807, 2.05) is 12.1 Å². The lowest BCUT2D eigenvalue weighted by Gasteiger charge is -2.17. The quantitative estimate of drug-likeness (QED) is 0.659. The highest BCUT2D eigenvalue weighted by molar-refractivity contribution is 5.72. The van der Waals surface area contributed by atoms with Gasteiger partial charge in [0, 0.05) is 24.8 Å². The Bertz CT molecular complexity index is 855. The summed E-state index contributed by atoms with van der Waals surface area (Å²) in [6, 6.07) is 17.0. The molecular weight excluding hydrogens is 296 g/mol. The van der Waals surface area contributed by atoms with Gasteiger partial charge in [-0.25, -0.2) is 0 Å². The minimum Gasteiger partial charge on any atom is -0.398 e. The number of hydrogen-bond acceptors (Lipinski definition) is 2. The van der Waals surface area contributed by atoms with Gasteiger partial charge in [-0.1, -0.05) is 24.3 Å². The Labute approximate surface area is 142 Å². The van der Waals surface area contributed by atoms with Gasteiger partial charge in [0.05, 0.1) is 6.08 Å². The van der Waals surface area contributed by atoms with Crippen molar-refractivity contribution in [3.05, 3.63) is 60.0 Å². The summed E-state index contributed by atoms with van der Waals surface area (Å²) in [6.45, 7) is 5.41. The topological polar surface area (TPSA) is 20.3 Å². The van der Waals surface area contributed by atoms with E-state index in [1.165, 1.54) is 37.2 Å². The zero-order valence-electron chi connectivity index (χ0n) is 14.1. The largest absolute Gasteiger partial charge is 0.398 e. The lowest BCUT2D eigenvalue weighted by molar-refractivity contribution is -0.674. The molecule has 0 N–H and O–H groups in total. The van der Waals surface area contributed by atoms with E-state index in [0.717, 1.165) is 23.5 Å². The molecule has 4 rings (SSSR count). The second-order valence-electron chi connectivity index (χ2n) is 6.27. The molecule has 0 spiro atoms. The van der Waals surface area contributed by atoms with Crippen LogP contribution in [0.25, 0.3) is 23.3 Å². The Kier molecular flexibility index (Phi) is 4.08. The maximum absolute atomic E-state index is 5.98. The van der Waals surface area contributed by atoms with Crippen molar-refractivity contribution < 1.29 is 8.98 Å². The molecule has 3 aromatic rings. The molecule has 1 aliphatic rings. The van der Waals surface area contributed by atoms with E-state index in [2.05, 4.69) is 64.9 Å². The first-order valence-electron chi connectivity index (χ1n) is 8.79. The summed E-state index contributed by atoms with van der Waals surface area (Å²) in [4.78, 5) is 2.46. The molecule has 0 unspecified atom stereocenters. The first-order valence-corrected chi connectivity index (χ1v) is 8.79. The van der Waals surface area contributed by atoms with E-state index in [0.29, 0.717) is 0 Å². The van der Waals surface area contributed by atoms with Crippen LogP contribution in [0.2, 0.25) is 0 Å². The van der Waals surface area contributed by atoms with Gasteiger partial charge in [0.25, 0.3) is 5.52 Å². The number of benzene rings is 2. The minimum absolute atomic E-state index is 0.891. The zero-order valence-corrected chi connectivity index (χ0v) is 14.1. The number of aryl methyl sites for hydroxylation is 1. The minimum atomic E-state index is 0.891. The third-order valence-electron chi connectivity index (χ3n) is 4.74. The molecule has 0 aliphatic carbocycles. The van der Waals surface area contributed by atoms with Crippen LogP contribution in [0, 0.1) is 0 Å². The Hall–Kier alpha value is -2.55. The van der Waals surface area contributed by atoms with E-state index in [9.17, 15) is 0 Å². The normalized spacial score (nSPS) is 15.0. The van der Waals surface area contributed by atoms with Crippen LogP contribution >= 0.6 is 0 Å². The zero-order chi connectivity index (χ0) is 16.4. The first-order chi connectivity index (χ1) is 11.8. The third kappa shape index (κ3) is 2.82. The first kappa shape index (κ1) is 15.0. The number of oxazole rings is 1. The molecule has 1 aliphatic heterocycles. The van der Waals surface area contributed by atoms with Gasteiger partial charge < -0.3 is 9.32 Å². The van der Waals surface area contributed by atoms with Gasteiger partial charge in [-0.05, 0) is 49.6 Å². The fourth-order valence-corrected chi connectivity index (χ4v) is 3.44. The SMILES string of the molecule is CC[n+]1c(C=Cc2ccc(N3CCCC3)cc2)oc2ccccc21. The van der Waals surface area contributed by atoms with E-state index < -0.39 is 0 Å². The van der Waals surface area contributed by atoms with Crippen LogP contribution in [0.4, 0.5) is 5.69 Å². The van der Waals surface area contributed by atoms with E-state index in [1.54, 1.807) is 0 Å². The average molecular weight is 319 g/mol. The molecule has 1 aromatic heterocycles. The van der Waals surface area contributed by atoms with Crippen molar-refractivity contribution >= 4 is 28.9 Å². The third-order valence-corrected chi connectivity index (χ3v) is 4.74. The number of anilines is 1. The number of aromatic nitrogens is 1. The highest BCUT2D eigenvalue weighted by Crippen LogP contribution is 2.21. The molecule has 0 amide bonds. The van der Waals surface area contributed by atoms with Gasteiger partial charge in [0.15, 0.2) is 0 Å². The summed E-state index contributed by atoms with van der Waals surface area (Å²) in [5, 5.41) is 0. The van der Waals surface area contributed by atoms with Crippen LogP contribution in [0.3, 0.4) is 0 Å². The van der Waals surface area contributed by atoms with Crippen molar-refractivity contribution in [1.82, 2.24) is 0 Å². The maximum atomic E-state index is 5.98. The van der Waals surface area contributed by atoms with Gasteiger partial charge in [0.2, 0.25) is 5.58 Å². The predicted octanol–water partition coefficient (Wildman–Crippen LogP) is 4.51. The average Bonchev–Trinajstić information content (AvgIpc) is 3.27. The van der Waals surface area contributed by atoms with Gasteiger partial charge >= 0.3 is 5.89 Å². The monoisotopic (exact) mass is 319 g/mol. The molecule has 24 heavy (non-hydrogen) atoms. The van der Waals surface area contributed by atoms with Gasteiger partial charge in [-0.2, -0.15) is 4.57 Å². The Morgan fingerprint density at radius 2 is 1.75 bits per heavy atom. The van der Waals surface area contributed by atoms with Crippen LogP contribution < -0.4 is 9.47 Å². The number of fused-ring (bicyclic) bond motifs is 1. The molecule has 2 heterocycles. The van der Waals surface area contributed by atoms with Crippen LogP contribution in [0.5, 0.6) is 0 Å². The molecular formula is C21H23N2O+. The van der Waals surface area contributed by atoms with Crippen molar-refractivity contribution in [3.63, 3.8) is 0 Å². The fourth-order valence-electron chi connectivity index (χ4n) is 3.44. The van der Waals surface area contributed by atoms with Crippen molar-refractivity contribution in [1.29, 1.82) is 0 Å². The van der Waals surface area contributed by atoms with Crippen molar-refractivity contribution in [2.45, 2.75) is 26.3 Å². The van der Waals surface area contributed by atoms with Crippen LogP contribution in [0.1, 0.15) is 31.2 Å². The Morgan fingerprint density at radius 1 is 1.00 bits per heavy atom. The summed E-state index contributed by atoms with van der Waals surface area (Å²) in [5.41, 5.74) is 4.60. The maximum Gasteiger partial charge on any atom is 0.374 e. The molecule has 0 radical (unpaired) electrons. The van der Waals surface area contributed by atoms with Gasteiger partial charge in [-0.15, -0.1) is 0 Å². The molecule has 3 heteroatoms. The molecule has 122 valence electrons. The standard InChI is InChI=1S/C21H23N2O/c1-2-23-19-7-3-4-8-20(19)24-21(23)14-11-17-9-12-18(13-10-17)22-15-5-6-16-22/h3-4,7-14H,2,5-6,15-16H2,1H3/q+1. The molecule has 1 fully saturated rings. The number of nitrogens with zero attached hydrogens (tertiary/aromatic N) is 2. The summed E-state index contributed by atoms with van der Waals surface area (Å²) in [6.07, 6.45) is 6.81. The molecule has 2 aromatic carbocycles. The summed E-state index contributed by atoms with van der Waals surface area (Å²) < 4.78 is 8.18. The van der Waals surface area contributed by atoms with Gasteiger partial charge in [0.1, 0.15) is 6.54 Å². The summed E-state index contributed by atoms with van der Waals surface area (Å²) in [7, 11) is 0. The van der Waals surface area contributed by atoms with Crippen molar-refractivity contribution in [2.24, 2.45) is 0 Å². The molecule has 0 bridgehead atoms. The van der Waals surface area contributed by atoms with Gasteiger partial charge in [-0.3, -0.25) is 0 Å². The van der Waals surface area contributed by atoms with Crippen molar-refractivity contribution in [3.8, 4) is 0 Å². The Balaban J connectivity index is 1.58. The summed E-state index contributed by atoms with van der Waals surface area (Å²) in [5.74, 6) is 0.891. The second-order valence-corrected chi connectivity index (χ2v) is 6.27. The lowest BCUT2D eigenvalue weighted by Crippen LogP contribution is -2.33. The lowest BCUT2D eigenvalue weighted by atomic mass is 10.2. The van der Waals surface area contributed by atoms with E-state index in [4.69, 9.17) is 4.42 Å². The number of hydrogen-bond donors (Lipinski definition) is 0. The van der Waals surface area contributed by atoms with Crippen LogP contribution in [0.15, 0.2) is 52.9 Å². The smallest absolute Gasteiger partial charge is 0.374 e. The Morgan fingerprint density at radius 3 is 2.50 bits per heavy atom.